The molecular weight excluding hydrogens is 505 g/mol. The molecule has 0 aromatic heterocycles. The van der Waals surface area contributed by atoms with E-state index in [4.69, 9.17) is 37.8 Å². The molecule has 0 unspecified atom stereocenters. The number of aliphatic carboxylic acids is 1. The van der Waals surface area contributed by atoms with Gasteiger partial charge in [0, 0.05) is 34.6 Å². The van der Waals surface area contributed by atoms with Crippen LogP contribution in [0.15, 0.2) is 60.7 Å². The molecule has 3 aromatic rings. The predicted octanol–water partition coefficient (Wildman–Crippen LogP) is 4.86. The second-order valence-electron chi connectivity index (χ2n) is 8.05. The van der Waals surface area contributed by atoms with Gasteiger partial charge in [0.1, 0.15) is 5.75 Å². The molecule has 0 amide bonds. The SMILES string of the molecule is CC(=O)O.OCc1cc([C@@H](O)CNCCc2cccc(COCc3c(Cl)cccc3Cl)c2)ccc1O. The van der Waals surface area contributed by atoms with E-state index in [9.17, 15) is 15.3 Å². The molecule has 9 heteroatoms. The molecule has 7 nitrogen and oxygen atoms in total. The number of phenols is 1. The van der Waals surface area contributed by atoms with Gasteiger partial charge in [-0.15, -0.1) is 0 Å². The zero-order valence-corrected chi connectivity index (χ0v) is 21.5. The van der Waals surface area contributed by atoms with E-state index in [1.54, 1.807) is 24.3 Å². The number of rotatable bonds is 11. The van der Waals surface area contributed by atoms with Gasteiger partial charge in [-0.2, -0.15) is 0 Å². The minimum absolute atomic E-state index is 0.0234. The summed E-state index contributed by atoms with van der Waals surface area (Å²) < 4.78 is 5.80. The number of aromatic hydroxyl groups is 1. The van der Waals surface area contributed by atoms with Gasteiger partial charge in [-0.1, -0.05) is 59.6 Å². The van der Waals surface area contributed by atoms with Crippen LogP contribution >= 0.6 is 23.2 Å². The molecule has 36 heavy (non-hydrogen) atoms. The van der Waals surface area contributed by atoms with Crippen molar-refractivity contribution in [1.82, 2.24) is 5.32 Å². The smallest absolute Gasteiger partial charge is 0.300 e. The van der Waals surface area contributed by atoms with Gasteiger partial charge < -0.3 is 30.5 Å². The summed E-state index contributed by atoms with van der Waals surface area (Å²) in [5, 5.41) is 41.1. The van der Waals surface area contributed by atoms with Gasteiger partial charge in [-0.25, -0.2) is 0 Å². The average Bonchev–Trinajstić information content (AvgIpc) is 2.84. The third kappa shape index (κ3) is 10.1. The summed E-state index contributed by atoms with van der Waals surface area (Å²) >= 11 is 12.4. The maximum absolute atomic E-state index is 10.3. The Labute approximate surface area is 220 Å². The van der Waals surface area contributed by atoms with Crippen LogP contribution in [0.5, 0.6) is 5.75 Å². The number of hydrogen-bond acceptors (Lipinski definition) is 6. The van der Waals surface area contributed by atoms with Crippen LogP contribution in [-0.2, 0) is 35.8 Å². The number of carboxylic acid groups (broad SMARTS) is 1. The number of nitrogens with one attached hydrogen (secondary N) is 1. The Kier molecular flexibility index (Phi) is 12.7. The van der Waals surface area contributed by atoms with E-state index in [0.717, 1.165) is 30.0 Å². The summed E-state index contributed by atoms with van der Waals surface area (Å²) in [5.41, 5.74) is 4.06. The maximum atomic E-state index is 10.3. The van der Waals surface area contributed by atoms with E-state index in [-0.39, 0.29) is 12.4 Å². The number of hydrogen-bond donors (Lipinski definition) is 5. The van der Waals surface area contributed by atoms with Crippen molar-refractivity contribution in [3.8, 4) is 5.75 Å². The highest BCUT2D eigenvalue weighted by atomic mass is 35.5. The highest BCUT2D eigenvalue weighted by Crippen LogP contribution is 2.25. The fraction of sp³-hybridized carbons (Fsp3) is 0.296. The van der Waals surface area contributed by atoms with Gasteiger partial charge in [-0.05, 0) is 53.9 Å². The molecule has 0 aliphatic heterocycles. The summed E-state index contributed by atoms with van der Waals surface area (Å²) in [7, 11) is 0. The first kappa shape index (κ1) is 29.6. The number of carboxylic acids is 1. The molecule has 0 saturated carbocycles. The molecule has 5 N–H and O–H groups in total. The van der Waals surface area contributed by atoms with Gasteiger partial charge in [0.05, 0.1) is 25.9 Å². The maximum Gasteiger partial charge on any atom is 0.300 e. The van der Waals surface area contributed by atoms with E-state index in [0.29, 0.717) is 47.5 Å². The molecule has 0 aliphatic carbocycles. The second kappa shape index (κ2) is 15.5. The Balaban J connectivity index is 0.00000106. The van der Waals surface area contributed by atoms with Crippen molar-refractivity contribution < 1.29 is 30.0 Å². The van der Waals surface area contributed by atoms with Crippen molar-refractivity contribution >= 4 is 29.2 Å². The molecule has 0 saturated heterocycles. The lowest BCUT2D eigenvalue weighted by atomic mass is 10.0. The van der Waals surface area contributed by atoms with Crippen molar-refractivity contribution in [2.45, 2.75) is 39.3 Å². The Morgan fingerprint density at radius 1 is 1.00 bits per heavy atom. The molecule has 0 spiro atoms. The highest BCUT2D eigenvalue weighted by molar-refractivity contribution is 6.35. The monoisotopic (exact) mass is 535 g/mol. The standard InChI is InChI=1S/C25H27Cl2NO4.C2H4O2/c26-22-5-2-6-23(27)21(22)16-32-15-18-4-1-3-17(11-18)9-10-28-13-25(31)19-7-8-24(30)20(12-19)14-29;1-2(3)4/h1-8,11-12,25,28-31H,9-10,13-16H2;1H3,(H,3,4)/t25-;/m0./s1. The number of aliphatic hydroxyl groups is 2. The predicted molar refractivity (Wildman–Crippen MR) is 140 cm³/mol. The van der Waals surface area contributed by atoms with Crippen LogP contribution in [0.2, 0.25) is 10.0 Å². The quantitative estimate of drug-likeness (QED) is 0.222. The van der Waals surface area contributed by atoms with E-state index < -0.39 is 12.1 Å². The molecule has 3 rings (SSSR count). The summed E-state index contributed by atoms with van der Waals surface area (Å²) in [6.07, 6.45) is 0.0752. The van der Waals surface area contributed by atoms with Gasteiger partial charge in [0.25, 0.3) is 5.97 Å². The minimum atomic E-state index is -0.833. The van der Waals surface area contributed by atoms with E-state index in [1.807, 2.05) is 18.2 Å². The number of carbonyl (C=O) groups is 1. The fourth-order valence-corrected chi connectivity index (χ4v) is 3.85. The van der Waals surface area contributed by atoms with E-state index in [2.05, 4.69) is 17.4 Å². The summed E-state index contributed by atoms with van der Waals surface area (Å²) in [6.45, 7) is 2.68. The Morgan fingerprint density at radius 3 is 2.31 bits per heavy atom. The fourth-order valence-electron chi connectivity index (χ4n) is 3.34. The minimum Gasteiger partial charge on any atom is -0.508 e. The largest absolute Gasteiger partial charge is 0.508 e. The molecule has 0 fully saturated rings. The van der Waals surface area contributed by atoms with Crippen molar-refractivity contribution in [3.05, 3.63) is 98.5 Å². The number of ether oxygens (including phenoxy) is 1. The van der Waals surface area contributed by atoms with Gasteiger partial charge >= 0.3 is 0 Å². The van der Waals surface area contributed by atoms with Gasteiger partial charge in [0.2, 0.25) is 0 Å². The number of benzene rings is 3. The van der Waals surface area contributed by atoms with Crippen molar-refractivity contribution in [2.75, 3.05) is 13.1 Å². The Hall–Kier alpha value is -2.65. The highest BCUT2D eigenvalue weighted by Gasteiger charge is 2.10. The zero-order valence-electron chi connectivity index (χ0n) is 20.0. The average molecular weight is 536 g/mol. The normalized spacial score (nSPS) is 11.5. The third-order valence-corrected chi connectivity index (χ3v) is 5.86. The second-order valence-corrected chi connectivity index (χ2v) is 8.86. The molecule has 1 atom stereocenters. The number of halogens is 2. The first-order valence-electron chi connectivity index (χ1n) is 11.3. The topological polar surface area (TPSA) is 119 Å². The summed E-state index contributed by atoms with van der Waals surface area (Å²) in [5.74, 6) is -0.810. The van der Waals surface area contributed by atoms with Crippen LogP contribution in [0.4, 0.5) is 0 Å². The van der Waals surface area contributed by atoms with Crippen molar-refractivity contribution in [3.63, 3.8) is 0 Å². The van der Waals surface area contributed by atoms with E-state index >= 15 is 0 Å². The molecule has 0 bridgehead atoms. The number of aliphatic hydroxyl groups excluding tert-OH is 2. The third-order valence-electron chi connectivity index (χ3n) is 5.16. The van der Waals surface area contributed by atoms with Crippen LogP contribution in [0.25, 0.3) is 0 Å². The lowest BCUT2D eigenvalue weighted by Crippen LogP contribution is -2.23. The Bertz CT molecular complexity index is 1100. The first-order valence-corrected chi connectivity index (χ1v) is 12.1. The summed E-state index contributed by atoms with van der Waals surface area (Å²) in [4.78, 5) is 9.00. The zero-order chi connectivity index (χ0) is 26.5. The van der Waals surface area contributed by atoms with Crippen LogP contribution in [0.1, 0.15) is 40.8 Å². The van der Waals surface area contributed by atoms with E-state index in [1.165, 1.54) is 6.07 Å². The van der Waals surface area contributed by atoms with Crippen molar-refractivity contribution in [1.29, 1.82) is 0 Å². The molecule has 0 radical (unpaired) electrons. The van der Waals surface area contributed by atoms with Crippen molar-refractivity contribution in [2.24, 2.45) is 0 Å². The van der Waals surface area contributed by atoms with Crippen LogP contribution < -0.4 is 5.32 Å². The molecule has 0 aliphatic rings. The van der Waals surface area contributed by atoms with Crippen LogP contribution in [0, 0.1) is 0 Å². The van der Waals surface area contributed by atoms with Gasteiger partial charge in [0.15, 0.2) is 0 Å². The Morgan fingerprint density at radius 2 is 1.64 bits per heavy atom. The first-order chi connectivity index (χ1) is 17.2. The van der Waals surface area contributed by atoms with Crippen LogP contribution in [0.3, 0.4) is 0 Å². The molecular formula is C27H31Cl2NO6. The molecule has 0 heterocycles. The lowest BCUT2D eigenvalue weighted by Gasteiger charge is -2.14. The molecule has 3 aromatic carbocycles. The van der Waals surface area contributed by atoms with Crippen LogP contribution in [-0.4, -0.2) is 39.5 Å². The molecule has 194 valence electrons. The van der Waals surface area contributed by atoms with Gasteiger partial charge in [-0.3, -0.25) is 4.79 Å². The lowest BCUT2D eigenvalue weighted by molar-refractivity contribution is -0.134. The summed E-state index contributed by atoms with van der Waals surface area (Å²) in [6, 6.07) is 18.3.